The average molecular weight is 365 g/mol. The number of ether oxygens (including phenoxy) is 1. The van der Waals surface area contributed by atoms with E-state index in [1.54, 1.807) is 19.3 Å². The summed E-state index contributed by atoms with van der Waals surface area (Å²) in [4.78, 5) is 10.5. The van der Waals surface area contributed by atoms with Crippen LogP contribution in [0.4, 0.5) is 4.39 Å². The van der Waals surface area contributed by atoms with E-state index in [0.717, 1.165) is 34.1 Å². The molecule has 0 bridgehead atoms. The second-order valence-corrected chi connectivity index (χ2v) is 6.06. The van der Waals surface area contributed by atoms with Gasteiger partial charge in [-0.25, -0.2) is 9.18 Å². The van der Waals surface area contributed by atoms with Crippen LogP contribution in [0.5, 0.6) is 5.75 Å². The molecule has 5 heteroatoms. The summed E-state index contributed by atoms with van der Waals surface area (Å²) in [5.41, 5.74) is 3.75. The monoisotopic (exact) mass is 364 g/mol. The first-order valence-electron chi connectivity index (χ1n) is 7.64. The van der Waals surface area contributed by atoms with Crippen molar-refractivity contribution in [1.82, 2.24) is 0 Å². The Morgan fingerprint density at radius 1 is 1.24 bits per heavy atom. The summed E-state index contributed by atoms with van der Waals surface area (Å²) < 4.78 is 19.1. The van der Waals surface area contributed by atoms with Gasteiger partial charge in [-0.05, 0) is 62.1 Å². The average Bonchev–Trinajstić information content (AvgIpc) is 2.54. The number of methoxy groups -OCH3 is 1. The summed E-state index contributed by atoms with van der Waals surface area (Å²) in [6, 6.07) is 1.77. The molecule has 0 aliphatic carbocycles. The Morgan fingerprint density at radius 3 is 2.44 bits per heavy atom. The number of benzene rings is 1. The van der Waals surface area contributed by atoms with E-state index >= 15 is 0 Å². The molecule has 1 aromatic rings. The molecule has 1 N–H and O–H groups in total. The van der Waals surface area contributed by atoms with E-state index in [-0.39, 0.29) is 5.57 Å². The van der Waals surface area contributed by atoms with Gasteiger partial charge in [-0.3, -0.25) is 0 Å². The van der Waals surface area contributed by atoms with Crippen molar-refractivity contribution in [2.45, 2.75) is 27.7 Å². The molecule has 0 saturated heterocycles. The maximum Gasteiger partial charge on any atom is 0.328 e. The molecular weight excluding hydrogens is 343 g/mol. The molecular formula is C20H22ClFO3. The standard InChI is InChI=1S/C20H22ClFO3/c1-12(7-9-18(22)13(2)10-20(23)24)6-8-16-14(3)15(4)19(25-5)11-17(16)21/h6-11H,1-5H3,(H,23,24). The number of carboxylic acids is 1. The number of carbonyl (C=O) groups is 1. The van der Waals surface area contributed by atoms with Gasteiger partial charge >= 0.3 is 5.97 Å². The zero-order valence-electron chi connectivity index (χ0n) is 15.0. The molecule has 0 amide bonds. The maximum absolute atomic E-state index is 13.8. The first-order valence-corrected chi connectivity index (χ1v) is 8.02. The Bertz CT molecular complexity index is 787. The third kappa shape index (κ3) is 5.91. The number of allylic oxidation sites excluding steroid dienone is 6. The van der Waals surface area contributed by atoms with Crippen LogP contribution in [0.25, 0.3) is 6.08 Å². The van der Waals surface area contributed by atoms with Crippen LogP contribution in [0.1, 0.15) is 30.5 Å². The van der Waals surface area contributed by atoms with E-state index in [1.807, 2.05) is 32.9 Å². The van der Waals surface area contributed by atoms with Crippen molar-refractivity contribution >= 4 is 23.6 Å². The van der Waals surface area contributed by atoms with Crippen LogP contribution in [-0.4, -0.2) is 18.2 Å². The van der Waals surface area contributed by atoms with Crippen LogP contribution >= 0.6 is 11.6 Å². The predicted molar refractivity (Wildman–Crippen MR) is 101 cm³/mol. The number of hydrogen-bond acceptors (Lipinski definition) is 2. The summed E-state index contributed by atoms with van der Waals surface area (Å²) in [7, 11) is 1.60. The summed E-state index contributed by atoms with van der Waals surface area (Å²) >= 11 is 6.30. The lowest BCUT2D eigenvalue weighted by atomic mass is 10.0. The molecule has 0 heterocycles. The van der Waals surface area contributed by atoms with Crippen LogP contribution in [0.3, 0.4) is 0 Å². The van der Waals surface area contributed by atoms with Gasteiger partial charge in [0.2, 0.25) is 0 Å². The highest BCUT2D eigenvalue weighted by molar-refractivity contribution is 6.32. The molecule has 0 aromatic heterocycles. The fourth-order valence-corrected chi connectivity index (χ4v) is 2.45. The SMILES string of the molecule is COc1cc(Cl)c(C=CC(C)=CC=C(F)C(C)=CC(=O)O)c(C)c1C. The molecule has 1 aromatic carbocycles. The van der Waals surface area contributed by atoms with Crippen LogP contribution < -0.4 is 4.74 Å². The van der Waals surface area contributed by atoms with E-state index in [9.17, 15) is 9.18 Å². The van der Waals surface area contributed by atoms with Crippen molar-refractivity contribution in [3.63, 3.8) is 0 Å². The van der Waals surface area contributed by atoms with Crippen LogP contribution in [-0.2, 0) is 4.79 Å². The van der Waals surface area contributed by atoms with Crippen molar-refractivity contribution in [3.05, 3.63) is 69.1 Å². The molecule has 0 atom stereocenters. The first kappa shape index (κ1) is 20.7. The van der Waals surface area contributed by atoms with Gasteiger partial charge in [0.25, 0.3) is 0 Å². The van der Waals surface area contributed by atoms with E-state index in [4.69, 9.17) is 21.4 Å². The van der Waals surface area contributed by atoms with Gasteiger partial charge in [-0.15, -0.1) is 0 Å². The fourth-order valence-electron chi connectivity index (χ4n) is 2.14. The zero-order chi connectivity index (χ0) is 19.1. The summed E-state index contributed by atoms with van der Waals surface area (Å²) in [6.07, 6.45) is 7.32. The highest BCUT2D eigenvalue weighted by atomic mass is 35.5. The minimum atomic E-state index is -1.18. The summed E-state index contributed by atoms with van der Waals surface area (Å²) in [5, 5.41) is 9.19. The van der Waals surface area contributed by atoms with Crippen molar-refractivity contribution in [3.8, 4) is 5.75 Å². The van der Waals surface area contributed by atoms with Crippen LogP contribution in [0.2, 0.25) is 5.02 Å². The molecule has 1 rings (SSSR count). The maximum atomic E-state index is 13.8. The predicted octanol–water partition coefficient (Wildman–Crippen LogP) is 5.81. The third-order valence-electron chi connectivity index (χ3n) is 3.79. The minimum absolute atomic E-state index is 0.0604. The molecule has 0 spiro atoms. The highest BCUT2D eigenvalue weighted by Gasteiger charge is 2.09. The van der Waals surface area contributed by atoms with Gasteiger partial charge in [0.1, 0.15) is 11.6 Å². The first-order chi connectivity index (χ1) is 11.7. The number of hydrogen-bond donors (Lipinski definition) is 1. The lowest BCUT2D eigenvalue weighted by Crippen LogP contribution is -1.94. The van der Waals surface area contributed by atoms with Gasteiger partial charge < -0.3 is 9.84 Å². The normalized spacial score (nSPS) is 13.5. The molecule has 0 aliphatic heterocycles. The number of halogens is 2. The van der Waals surface area contributed by atoms with Crippen molar-refractivity contribution in [2.75, 3.05) is 7.11 Å². The lowest BCUT2D eigenvalue weighted by molar-refractivity contribution is -0.131. The Balaban J connectivity index is 3.06. The molecule has 0 fully saturated rings. The fraction of sp³-hybridized carbons (Fsp3) is 0.250. The largest absolute Gasteiger partial charge is 0.496 e. The zero-order valence-corrected chi connectivity index (χ0v) is 15.7. The van der Waals surface area contributed by atoms with E-state index < -0.39 is 11.8 Å². The minimum Gasteiger partial charge on any atom is -0.496 e. The van der Waals surface area contributed by atoms with Gasteiger partial charge in [0.05, 0.1) is 12.1 Å². The highest BCUT2D eigenvalue weighted by Crippen LogP contribution is 2.32. The molecule has 134 valence electrons. The Morgan fingerprint density at radius 2 is 1.88 bits per heavy atom. The van der Waals surface area contributed by atoms with Crippen molar-refractivity contribution in [1.29, 1.82) is 0 Å². The van der Waals surface area contributed by atoms with E-state index in [2.05, 4.69) is 0 Å². The number of rotatable bonds is 6. The molecule has 0 unspecified atom stereocenters. The van der Waals surface area contributed by atoms with E-state index in [0.29, 0.717) is 5.02 Å². The van der Waals surface area contributed by atoms with Crippen molar-refractivity contribution < 1.29 is 19.0 Å². The second kappa shape index (κ2) is 9.23. The summed E-state index contributed by atoms with van der Waals surface area (Å²) in [6.45, 7) is 7.14. The number of aliphatic carboxylic acids is 1. The lowest BCUT2D eigenvalue weighted by Gasteiger charge is -2.12. The Kier molecular flexibility index (Phi) is 7.65. The van der Waals surface area contributed by atoms with Crippen LogP contribution in [0.15, 0.2) is 47.3 Å². The molecule has 0 saturated carbocycles. The molecule has 25 heavy (non-hydrogen) atoms. The quantitative estimate of drug-likeness (QED) is 0.511. The number of carboxylic acid groups (broad SMARTS) is 1. The Labute approximate surface area is 152 Å². The van der Waals surface area contributed by atoms with Crippen LogP contribution in [0, 0.1) is 13.8 Å². The topological polar surface area (TPSA) is 46.5 Å². The third-order valence-corrected chi connectivity index (χ3v) is 4.11. The smallest absolute Gasteiger partial charge is 0.328 e. The Hall–Kier alpha value is -2.33. The van der Waals surface area contributed by atoms with Gasteiger partial charge in [0, 0.05) is 6.08 Å². The van der Waals surface area contributed by atoms with E-state index in [1.165, 1.54) is 13.0 Å². The van der Waals surface area contributed by atoms with Gasteiger partial charge in [-0.2, -0.15) is 0 Å². The molecule has 0 aliphatic rings. The summed E-state index contributed by atoms with van der Waals surface area (Å²) in [5.74, 6) is -1.04. The second-order valence-electron chi connectivity index (χ2n) is 5.65. The van der Waals surface area contributed by atoms with Gasteiger partial charge in [0.15, 0.2) is 0 Å². The molecule has 3 nitrogen and oxygen atoms in total. The van der Waals surface area contributed by atoms with Crippen molar-refractivity contribution in [2.24, 2.45) is 0 Å². The molecule has 0 radical (unpaired) electrons. The van der Waals surface area contributed by atoms with Gasteiger partial charge in [-0.1, -0.05) is 35.4 Å².